The van der Waals surface area contributed by atoms with Crippen LogP contribution in [0.2, 0.25) is 0 Å². The molecule has 1 aromatic heterocycles. The molecule has 4 heterocycles. The number of hydrogen-bond donors (Lipinski definition) is 14. The molecule has 0 unspecified atom stereocenters. The predicted molar refractivity (Wildman–Crippen MR) is 340 cm³/mol. The molecule has 0 saturated carbocycles. The maximum Gasteiger partial charge on any atom is 0.326 e. The summed E-state index contributed by atoms with van der Waals surface area (Å²) in [5, 5.41) is 38.7. The molecule has 2 aromatic rings. The molecule has 3 fully saturated rings. The molecule has 5 rings (SSSR count). The second-order valence-electron chi connectivity index (χ2n) is 23.6. The quantitative estimate of drug-likeness (QED) is 0.0321. The molecule has 0 aliphatic carbocycles. The number of unbranched alkanes of at least 4 members (excludes halogenated alkanes) is 3. The number of amides is 10. The Labute approximate surface area is 540 Å². The van der Waals surface area contributed by atoms with E-state index in [1.54, 1.807) is 36.6 Å². The van der Waals surface area contributed by atoms with Gasteiger partial charge in [0.25, 0.3) is 0 Å². The van der Waals surface area contributed by atoms with Gasteiger partial charge in [-0.3, -0.25) is 52.7 Å². The third-order valence-corrected chi connectivity index (χ3v) is 17.3. The Bertz CT molecular complexity index is 2780. The summed E-state index contributed by atoms with van der Waals surface area (Å²) in [5.41, 5.74) is 24.1. The van der Waals surface area contributed by atoms with E-state index >= 15 is 0 Å². The lowest BCUT2D eigenvalue weighted by Crippen LogP contribution is -2.61. The highest BCUT2D eigenvalue weighted by Gasteiger charge is 2.44. The molecule has 10 amide bonds. The lowest BCUT2D eigenvalue weighted by atomic mass is 10.0. The number of aromatic amines is 1. The number of carbonyl (C=O) groups is 12. The van der Waals surface area contributed by atoms with Crippen molar-refractivity contribution in [3.05, 3.63) is 54.1 Å². The lowest BCUT2D eigenvalue weighted by molar-refractivity contribution is -0.146. The monoisotopic (exact) mass is 1310 g/mol. The molecule has 31 heteroatoms. The summed E-state index contributed by atoms with van der Waals surface area (Å²) in [6.45, 7) is 2.90. The van der Waals surface area contributed by atoms with Crippen LogP contribution in [0.5, 0.6) is 0 Å². The number of rotatable bonds is 40. The van der Waals surface area contributed by atoms with Crippen molar-refractivity contribution in [2.24, 2.45) is 22.9 Å². The maximum absolute atomic E-state index is 14.8. The normalized spacial score (nSPS) is 18.8. The van der Waals surface area contributed by atoms with Crippen molar-refractivity contribution in [2.45, 2.75) is 202 Å². The number of nitrogens with one attached hydrogen (secondary N) is 8. The van der Waals surface area contributed by atoms with E-state index in [2.05, 4.69) is 47.2 Å². The van der Waals surface area contributed by atoms with E-state index in [9.17, 15) is 67.7 Å². The smallest absolute Gasteiger partial charge is 0.326 e. The molecule has 0 radical (unpaired) electrons. The Hall–Kier alpha value is -7.74. The first-order valence-corrected chi connectivity index (χ1v) is 33.4. The van der Waals surface area contributed by atoms with Gasteiger partial charge in [-0.05, 0) is 153 Å². The van der Waals surface area contributed by atoms with Crippen LogP contribution in [0.4, 0.5) is 0 Å². The van der Waals surface area contributed by atoms with Crippen LogP contribution in [0.3, 0.4) is 0 Å². The van der Waals surface area contributed by atoms with E-state index in [-0.39, 0.29) is 77.4 Å². The SMILES string of the molecule is CSCC[C@H](NC(=O)[C@H](CCC(=O)O)NC(=O)[C@H](CCCCN)NC(=O)[C@H](Cc1c[nH]cn1)NC(=O)[C@H](CCCCN)NC(=O)[C@@H]1CCCN1C(=O)[C@H](C)N)C(=O)N1CCC[C@H]1C(=O)N[C@@H](Cc1ccccc1)C(=O)N1CCC[C@H]1C(=O)N[C@@H](CCCCN)C(=O)O. The number of aromatic nitrogens is 2. The zero-order chi connectivity index (χ0) is 67.3. The van der Waals surface area contributed by atoms with E-state index < -0.39 is 150 Å². The molecule has 0 spiro atoms. The van der Waals surface area contributed by atoms with Crippen molar-refractivity contribution in [1.29, 1.82) is 0 Å². The Morgan fingerprint density at radius 2 is 0.967 bits per heavy atom. The number of carboxylic acids is 2. The van der Waals surface area contributed by atoms with Gasteiger partial charge in [0.1, 0.15) is 60.4 Å². The third kappa shape index (κ3) is 23.1. The van der Waals surface area contributed by atoms with Gasteiger partial charge in [0.15, 0.2) is 0 Å². The molecule has 3 aliphatic heterocycles. The number of likely N-dealkylation sites (tertiary alicyclic amines) is 3. The third-order valence-electron chi connectivity index (χ3n) is 16.6. The first kappa shape index (κ1) is 75.0. The molecule has 0 bridgehead atoms. The van der Waals surface area contributed by atoms with Crippen LogP contribution in [0, 0.1) is 0 Å². The summed E-state index contributed by atoms with van der Waals surface area (Å²) in [7, 11) is 0. The fraction of sp³-hybridized carbons (Fsp3) is 0.656. The summed E-state index contributed by atoms with van der Waals surface area (Å²) in [6.07, 6.45) is 8.28. The summed E-state index contributed by atoms with van der Waals surface area (Å²) < 4.78 is 0. The van der Waals surface area contributed by atoms with Gasteiger partial charge in [-0.25, -0.2) is 9.78 Å². The summed E-state index contributed by atoms with van der Waals surface area (Å²) in [5.74, 6) is -9.25. The first-order chi connectivity index (χ1) is 44.1. The van der Waals surface area contributed by atoms with Gasteiger partial charge in [-0.15, -0.1) is 0 Å². The van der Waals surface area contributed by atoms with Gasteiger partial charge in [0.2, 0.25) is 59.1 Å². The Kier molecular flexibility index (Phi) is 31.8. The molecular formula is C61H96N16O14S. The zero-order valence-corrected chi connectivity index (χ0v) is 53.6. The van der Waals surface area contributed by atoms with Crippen molar-refractivity contribution >= 4 is 82.8 Å². The number of aliphatic carboxylic acids is 2. The van der Waals surface area contributed by atoms with Crippen LogP contribution in [0.15, 0.2) is 42.9 Å². The molecule has 3 aliphatic rings. The van der Waals surface area contributed by atoms with Crippen LogP contribution in [-0.4, -0.2) is 224 Å². The molecule has 11 atom stereocenters. The Morgan fingerprint density at radius 1 is 0.543 bits per heavy atom. The fourth-order valence-electron chi connectivity index (χ4n) is 11.6. The number of benzene rings is 1. The summed E-state index contributed by atoms with van der Waals surface area (Å²) in [4.78, 5) is 178. The van der Waals surface area contributed by atoms with E-state index in [0.717, 1.165) is 0 Å². The van der Waals surface area contributed by atoms with E-state index in [4.69, 9.17) is 22.9 Å². The van der Waals surface area contributed by atoms with E-state index in [1.165, 1.54) is 45.9 Å². The van der Waals surface area contributed by atoms with Crippen molar-refractivity contribution in [2.75, 3.05) is 51.3 Å². The maximum atomic E-state index is 14.8. The van der Waals surface area contributed by atoms with Crippen LogP contribution >= 0.6 is 11.8 Å². The molecule has 1 aromatic carbocycles. The average Bonchev–Trinajstić information content (AvgIpc) is 2.23. The van der Waals surface area contributed by atoms with Gasteiger partial charge in [-0.1, -0.05) is 30.3 Å². The highest BCUT2D eigenvalue weighted by Crippen LogP contribution is 2.25. The summed E-state index contributed by atoms with van der Waals surface area (Å²) >= 11 is 1.36. The number of hydrogen-bond acceptors (Lipinski definition) is 18. The number of carbonyl (C=O) groups excluding carboxylic acids is 10. The fourth-order valence-corrected chi connectivity index (χ4v) is 12.1. The number of nitrogens with two attached hydrogens (primary N) is 4. The van der Waals surface area contributed by atoms with Gasteiger partial charge in [-0.2, -0.15) is 11.8 Å². The molecule has 92 heavy (non-hydrogen) atoms. The predicted octanol–water partition coefficient (Wildman–Crippen LogP) is -2.00. The highest BCUT2D eigenvalue weighted by atomic mass is 32.2. The first-order valence-electron chi connectivity index (χ1n) is 32.0. The molecule has 3 saturated heterocycles. The standard InChI is InChI=1S/C61H96N16O14S/c1-37(65)58(87)75-29-12-20-47(75)55(84)70-41(18-7-10-27-63)52(81)73-45(34-39-35-66-36-67-39)54(83)68-40(17-6-9-26-62)51(80)69-42(23-24-50(78)79)53(82)71-43(25-32-92-2)59(88)76-30-13-22-49(76)57(86)74-46(33-38-15-4-3-5-16-38)60(89)77-31-14-21-48(77)56(85)72-44(61(90)91)19-8-11-28-64/h3-5,15-16,35-37,40-49H,6-14,17-34,62-65H2,1-2H3,(H,66,67)(H,68,83)(H,69,80)(H,70,84)(H,71,82)(H,72,85)(H,73,81)(H,74,86)(H,78,79)(H,90,91)/t37-,40-,41-,42-,43-,44-,45-,46-,47-,48-,49-/m0/s1. The Balaban J connectivity index is 1.35. The molecule has 18 N–H and O–H groups in total. The minimum absolute atomic E-state index is 0.00172. The van der Waals surface area contributed by atoms with Crippen molar-refractivity contribution in [3.63, 3.8) is 0 Å². The van der Waals surface area contributed by atoms with E-state index in [1.807, 2.05) is 0 Å². The second-order valence-corrected chi connectivity index (χ2v) is 24.6. The van der Waals surface area contributed by atoms with Crippen molar-refractivity contribution < 1.29 is 67.7 Å². The molecular weight excluding hydrogens is 1210 g/mol. The average molecular weight is 1310 g/mol. The number of carboxylic acid groups (broad SMARTS) is 2. The van der Waals surface area contributed by atoms with Gasteiger partial charge in [0.05, 0.1) is 18.1 Å². The van der Waals surface area contributed by atoms with Gasteiger partial charge < -0.3 is 90.0 Å². The van der Waals surface area contributed by atoms with Crippen molar-refractivity contribution in [1.82, 2.24) is 61.9 Å². The molecule has 510 valence electrons. The van der Waals surface area contributed by atoms with Gasteiger partial charge in [0, 0.05) is 45.1 Å². The van der Waals surface area contributed by atoms with Gasteiger partial charge >= 0.3 is 11.9 Å². The van der Waals surface area contributed by atoms with Crippen LogP contribution in [0.25, 0.3) is 0 Å². The molecule has 30 nitrogen and oxygen atoms in total. The number of imidazole rings is 1. The number of H-pyrrole nitrogens is 1. The topological polar surface area (TPSA) is 472 Å². The lowest BCUT2D eigenvalue weighted by Gasteiger charge is -2.32. The van der Waals surface area contributed by atoms with Crippen LogP contribution in [-0.2, 0) is 70.4 Å². The van der Waals surface area contributed by atoms with Crippen LogP contribution < -0.4 is 60.2 Å². The summed E-state index contributed by atoms with van der Waals surface area (Å²) in [6, 6.07) is -4.44. The van der Waals surface area contributed by atoms with Crippen molar-refractivity contribution in [3.8, 4) is 0 Å². The van der Waals surface area contributed by atoms with Crippen LogP contribution in [0.1, 0.15) is 134 Å². The second kappa shape index (κ2) is 39.0. The minimum Gasteiger partial charge on any atom is -0.481 e. The van der Waals surface area contributed by atoms with E-state index in [0.29, 0.717) is 94.4 Å². The number of nitrogens with zero attached hydrogens (tertiary/aromatic N) is 4. The largest absolute Gasteiger partial charge is 0.481 e. The highest BCUT2D eigenvalue weighted by molar-refractivity contribution is 7.98. The zero-order valence-electron chi connectivity index (χ0n) is 52.8. The minimum atomic E-state index is -1.60. The number of thioether (sulfide) groups is 1. The Morgan fingerprint density at radius 3 is 1.42 bits per heavy atom.